The fourth-order valence-corrected chi connectivity index (χ4v) is 2.15. The molecule has 0 amide bonds. The van der Waals surface area contributed by atoms with Gasteiger partial charge in [0.05, 0.1) is 0 Å². The van der Waals surface area contributed by atoms with Gasteiger partial charge in [0.15, 0.2) is 0 Å². The highest BCUT2D eigenvalue weighted by Gasteiger charge is 2.01. The van der Waals surface area contributed by atoms with E-state index in [0.29, 0.717) is 5.92 Å². The van der Waals surface area contributed by atoms with Gasteiger partial charge in [-0.05, 0) is 32.5 Å². The molecule has 1 aromatic rings. The first kappa shape index (κ1) is 13.2. The Morgan fingerprint density at radius 1 is 1.06 bits per heavy atom. The molecule has 2 N–H and O–H groups in total. The van der Waals surface area contributed by atoms with Crippen LogP contribution in [0.1, 0.15) is 18.4 Å². The smallest absolute Gasteiger partial charge is 0.00779 e. The largest absolute Gasteiger partial charge is 0.325 e. The Labute approximate surface area is 110 Å². The Kier molecular flexibility index (Phi) is 5.83. The number of hydrogen-bond acceptors (Lipinski definition) is 2. The summed E-state index contributed by atoms with van der Waals surface area (Å²) in [5.41, 5.74) is 1.38. The van der Waals surface area contributed by atoms with Crippen LogP contribution in [0.4, 0.5) is 0 Å². The Hall–Kier alpha value is -1.25. The molecule has 0 fully saturated rings. The predicted molar refractivity (Wildman–Crippen MR) is 77.6 cm³/mol. The van der Waals surface area contributed by atoms with Crippen LogP contribution >= 0.6 is 0 Å². The van der Waals surface area contributed by atoms with Crippen LogP contribution in [-0.4, -0.2) is 19.6 Å². The molecule has 1 aliphatic carbocycles. The fourth-order valence-electron chi connectivity index (χ4n) is 2.15. The van der Waals surface area contributed by atoms with E-state index in [1.54, 1.807) is 0 Å². The van der Waals surface area contributed by atoms with Gasteiger partial charge in [-0.15, -0.1) is 0 Å². The van der Waals surface area contributed by atoms with Gasteiger partial charge in [-0.3, -0.25) is 0 Å². The van der Waals surface area contributed by atoms with E-state index in [-0.39, 0.29) is 0 Å². The molecule has 0 heterocycles. The number of hydrogen-bond donors (Lipinski definition) is 2. The Morgan fingerprint density at radius 2 is 1.83 bits per heavy atom. The normalized spacial score (nSPS) is 14.7. The van der Waals surface area contributed by atoms with Crippen LogP contribution in [0, 0.1) is 5.92 Å². The van der Waals surface area contributed by atoms with Gasteiger partial charge in [-0.25, -0.2) is 6.07 Å². The van der Waals surface area contributed by atoms with E-state index >= 15 is 0 Å². The minimum absolute atomic E-state index is 0.612. The molecule has 2 heteroatoms. The van der Waals surface area contributed by atoms with E-state index in [2.05, 4.69) is 59.2 Å². The summed E-state index contributed by atoms with van der Waals surface area (Å²) in [6.07, 6.45) is 11.2. The molecule has 0 aromatic heterocycles. The van der Waals surface area contributed by atoms with Crippen LogP contribution in [0.5, 0.6) is 0 Å². The van der Waals surface area contributed by atoms with Gasteiger partial charge >= 0.3 is 0 Å². The van der Waals surface area contributed by atoms with Crippen LogP contribution in [0.15, 0.2) is 48.6 Å². The highest BCUT2D eigenvalue weighted by Crippen LogP contribution is 2.06. The monoisotopic (exact) mass is 243 g/mol. The summed E-state index contributed by atoms with van der Waals surface area (Å²) >= 11 is 0. The molecule has 0 spiro atoms. The van der Waals surface area contributed by atoms with Gasteiger partial charge in [0.2, 0.25) is 0 Å². The van der Waals surface area contributed by atoms with Crippen molar-refractivity contribution in [2.75, 3.05) is 19.6 Å². The summed E-state index contributed by atoms with van der Waals surface area (Å²) in [4.78, 5) is 0. The average molecular weight is 243 g/mol. The van der Waals surface area contributed by atoms with Crippen molar-refractivity contribution in [1.29, 1.82) is 0 Å². The zero-order valence-corrected chi connectivity index (χ0v) is 10.9. The van der Waals surface area contributed by atoms with Crippen LogP contribution in [0.3, 0.4) is 0 Å². The zero-order chi connectivity index (χ0) is 12.5. The summed E-state index contributed by atoms with van der Waals surface area (Å²) in [6.45, 7) is 4.30. The summed E-state index contributed by atoms with van der Waals surface area (Å²) in [5.74, 6) is 0.612. The molecular formula is C16H23N2-. The van der Waals surface area contributed by atoms with Crippen molar-refractivity contribution in [3.05, 3.63) is 54.1 Å². The highest BCUT2D eigenvalue weighted by molar-refractivity contribution is 5.17. The topological polar surface area (TPSA) is 24.1 Å². The Bertz CT molecular complexity index is 350. The number of nitrogens with one attached hydrogen (secondary N) is 2. The Balaban J connectivity index is 1.37. The number of allylic oxidation sites excluding steroid dienone is 2. The highest BCUT2D eigenvalue weighted by atomic mass is 14.9. The van der Waals surface area contributed by atoms with Crippen molar-refractivity contribution in [3.63, 3.8) is 0 Å². The van der Waals surface area contributed by atoms with Gasteiger partial charge in [0.25, 0.3) is 0 Å². The first-order valence-electron chi connectivity index (χ1n) is 6.92. The lowest BCUT2D eigenvalue weighted by molar-refractivity contribution is 0.567. The molecule has 0 saturated heterocycles. The van der Waals surface area contributed by atoms with E-state index in [0.717, 1.165) is 26.2 Å². The van der Waals surface area contributed by atoms with E-state index in [1.165, 1.54) is 18.4 Å². The second-order valence-corrected chi connectivity index (χ2v) is 4.81. The van der Waals surface area contributed by atoms with Crippen molar-refractivity contribution < 1.29 is 0 Å². The van der Waals surface area contributed by atoms with Crippen LogP contribution in [0.2, 0.25) is 0 Å². The maximum atomic E-state index is 3.50. The van der Waals surface area contributed by atoms with E-state index in [1.807, 2.05) is 0 Å². The van der Waals surface area contributed by atoms with Gasteiger partial charge in [-0.2, -0.15) is 23.8 Å². The molecule has 2 rings (SSSR count). The predicted octanol–water partition coefficient (Wildman–Crippen LogP) is 2.61. The lowest BCUT2D eigenvalue weighted by Crippen LogP contribution is -2.22. The number of rotatable bonds is 9. The first-order chi connectivity index (χ1) is 8.95. The van der Waals surface area contributed by atoms with Gasteiger partial charge in [-0.1, -0.05) is 24.3 Å². The van der Waals surface area contributed by atoms with Crippen molar-refractivity contribution in [2.45, 2.75) is 19.4 Å². The zero-order valence-electron chi connectivity index (χ0n) is 10.9. The maximum Gasteiger partial charge on any atom is 0.00779 e. The minimum Gasteiger partial charge on any atom is -0.325 e. The number of unbranched alkanes of at least 4 members (excludes halogenated alkanes) is 1. The molecule has 0 atom stereocenters. The maximum absolute atomic E-state index is 3.50. The molecule has 0 unspecified atom stereocenters. The molecule has 0 aliphatic heterocycles. The van der Waals surface area contributed by atoms with Crippen LogP contribution < -0.4 is 10.6 Å². The first-order valence-corrected chi connectivity index (χ1v) is 6.92. The summed E-state index contributed by atoms with van der Waals surface area (Å²) in [5, 5.41) is 6.97. The van der Waals surface area contributed by atoms with E-state index in [4.69, 9.17) is 0 Å². The van der Waals surface area contributed by atoms with Crippen molar-refractivity contribution in [2.24, 2.45) is 5.92 Å². The Morgan fingerprint density at radius 3 is 2.56 bits per heavy atom. The van der Waals surface area contributed by atoms with Gasteiger partial charge in [0.1, 0.15) is 0 Å². The van der Waals surface area contributed by atoms with Gasteiger partial charge in [0, 0.05) is 12.5 Å². The second kappa shape index (κ2) is 7.96. The molecule has 0 saturated carbocycles. The van der Waals surface area contributed by atoms with Crippen molar-refractivity contribution in [3.8, 4) is 0 Å². The third-order valence-electron chi connectivity index (χ3n) is 3.23. The van der Waals surface area contributed by atoms with Crippen molar-refractivity contribution in [1.82, 2.24) is 10.6 Å². The summed E-state index contributed by atoms with van der Waals surface area (Å²) in [6, 6.07) is 8.51. The minimum atomic E-state index is 0.612. The van der Waals surface area contributed by atoms with Crippen molar-refractivity contribution >= 4 is 0 Å². The molecule has 1 aliphatic rings. The quantitative estimate of drug-likeness (QED) is 0.514. The molecule has 2 nitrogen and oxygen atoms in total. The lowest BCUT2D eigenvalue weighted by atomic mass is 10.2. The SMILES string of the molecule is C1=CC(CNCCCCNCc2cc[cH-]c2)C=C1. The molecule has 0 bridgehead atoms. The summed E-state index contributed by atoms with van der Waals surface area (Å²) < 4.78 is 0. The molecule has 98 valence electrons. The summed E-state index contributed by atoms with van der Waals surface area (Å²) in [7, 11) is 0. The molecule has 1 aromatic carbocycles. The molecule has 0 radical (unpaired) electrons. The van der Waals surface area contributed by atoms with Gasteiger partial charge < -0.3 is 10.6 Å². The van der Waals surface area contributed by atoms with Crippen LogP contribution in [0.25, 0.3) is 0 Å². The standard InChI is InChI=1S/C16H23N2/c1-2-8-15(7-1)13-17-11-5-6-12-18-14-16-9-3-4-10-16/h1-4,7-10,15,17-18H,5-6,11-14H2/q-1. The second-order valence-electron chi connectivity index (χ2n) is 4.81. The third-order valence-corrected chi connectivity index (χ3v) is 3.23. The fraction of sp³-hybridized carbons (Fsp3) is 0.438. The third kappa shape index (κ3) is 4.94. The molecular weight excluding hydrogens is 220 g/mol. The van der Waals surface area contributed by atoms with Crippen LogP contribution in [-0.2, 0) is 6.54 Å². The van der Waals surface area contributed by atoms with E-state index < -0.39 is 0 Å². The molecule has 18 heavy (non-hydrogen) atoms. The lowest BCUT2D eigenvalue weighted by Gasteiger charge is -2.09. The average Bonchev–Trinajstić information content (AvgIpc) is 3.05. The van der Waals surface area contributed by atoms with E-state index in [9.17, 15) is 0 Å².